The summed E-state index contributed by atoms with van der Waals surface area (Å²) in [6.07, 6.45) is 0. The van der Waals surface area contributed by atoms with Gasteiger partial charge in [0.1, 0.15) is 11.6 Å². The van der Waals surface area contributed by atoms with E-state index in [0.717, 1.165) is 21.1 Å². The molecule has 2 aliphatic heterocycles. The zero-order chi connectivity index (χ0) is 16.8. The lowest BCUT2D eigenvalue weighted by Gasteiger charge is -2.30. The molecule has 2 aliphatic rings. The van der Waals surface area contributed by atoms with Gasteiger partial charge in [-0.2, -0.15) is 10.5 Å². The van der Waals surface area contributed by atoms with Crippen LogP contribution in [0.25, 0.3) is 0 Å². The molecule has 3 N–H and O–H groups in total. The van der Waals surface area contributed by atoms with Gasteiger partial charge >= 0.3 is 0 Å². The van der Waals surface area contributed by atoms with E-state index >= 15 is 0 Å². The maximum absolute atomic E-state index is 9.81. The zero-order valence-electron chi connectivity index (χ0n) is 12.9. The Bertz CT molecular complexity index is 999. The fraction of sp³-hybridized carbons (Fsp3) is 0.111. The third-order valence-corrected chi connectivity index (χ3v) is 5.32. The first kappa shape index (κ1) is 14.4. The van der Waals surface area contributed by atoms with Gasteiger partial charge in [-0.1, -0.05) is 12.1 Å². The van der Waals surface area contributed by atoms with Crippen molar-refractivity contribution in [2.24, 2.45) is 5.73 Å². The molecule has 0 amide bonds. The van der Waals surface area contributed by atoms with Crippen LogP contribution in [-0.4, -0.2) is 0 Å². The summed E-state index contributed by atoms with van der Waals surface area (Å²) in [5.74, 6) is 0.595. The first-order valence-electron chi connectivity index (χ1n) is 7.42. The number of para-hydroxylation sites is 2. The number of fused-ring (bicyclic) bond motifs is 3. The minimum absolute atomic E-state index is 0.375. The first-order valence-corrected chi connectivity index (χ1v) is 8.24. The highest BCUT2D eigenvalue weighted by Crippen LogP contribution is 2.48. The lowest BCUT2D eigenvalue weighted by atomic mass is 9.87. The van der Waals surface area contributed by atoms with Gasteiger partial charge < -0.3 is 11.1 Å². The minimum Gasteiger partial charge on any atom is -0.384 e. The third-order valence-electron chi connectivity index (χ3n) is 4.26. The van der Waals surface area contributed by atoms with E-state index in [2.05, 4.69) is 17.5 Å². The number of nitrogens with two attached hydrogens (primary N) is 1. The minimum atomic E-state index is -0.424. The fourth-order valence-corrected chi connectivity index (χ4v) is 4.20. The normalized spacial score (nSPS) is 18.6. The van der Waals surface area contributed by atoms with Crippen molar-refractivity contribution in [2.75, 3.05) is 10.2 Å². The molecule has 1 atom stereocenters. The lowest BCUT2D eigenvalue weighted by Crippen LogP contribution is -2.34. The Morgan fingerprint density at radius 3 is 2.54 bits per heavy atom. The van der Waals surface area contributed by atoms with Crippen molar-refractivity contribution in [3.05, 3.63) is 68.9 Å². The molecule has 5 nitrogen and oxygen atoms in total. The maximum Gasteiger partial charge on any atom is 0.131 e. The molecule has 6 heteroatoms. The standard InChI is InChI=1S/C18H13N5S/c1-10-6-7-15(24-10)16-11(8-19)17(21)23-14-5-3-2-4-13(14)22-18(23)12(16)9-20/h2-7,16,22H,21H2,1H3. The quantitative estimate of drug-likeness (QED) is 0.834. The van der Waals surface area contributed by atoms with Crippen molar-refractivity contribution >= 4 is 22.7 Å². The van der Waals surface area contributed by atoms with Gasteiger partial charge in [-0.3, -0.25) is 4.90 Å². The Morgan fingerprint density at radius 2 is 1.88 bits per heavy atom. The highest BCUT2D eigenvalue weighted by Gasteiger charge is 2.40. The molecule has 0 fully saturated rings. The molecular weight excluding hydrogens is 318 g/mol. The summed E-state index contributed by atoms with van der Waals surface area (Å²) in [4.78, 5) is 3.85. The number of benzene rings is 1. The van der Waals surface area contributed by atoms with Crippen molar-refractivity contribution in [3.8, 4) is 12.1 Å². The summed E-state index contributed by atoms with van der Waals surface area (Å²) in [5, 5.41) is 22.8. The number of allylic oxidation sites excluding steroid dienone is 2. The molecule has 1 aromatic heterocycles. The molecule has 116 valence electrons. The van der Waals surface area contributed by atoms with Crippen LogP contribution in [0.4, 0.5) is 11.4 Å². The molecule has 4 rings (SSSR count). The Hall–Kier alpha value is -3.22. The zero-order valence-corrected chi connectivity index (χ0v) is 13.7. The largest absolute Gasteiger partial charge is 0.384 e. The van der Waals surface area contributed by atoms with Crippen molar-refractivity contribution in [1.82, 2.24) is 0 Å². The van der Waals surface area contributed by atoms with E-state index in [4.69, 9.17) is 5.73 Å². The number of nitrogens with zero attached hydrogens (tertiary/aromatic N) is 3. The molecular formula is C18H13N5S. The highest BCUT2D eigenvalue weighted by molar-refractivity contribution is 7.12. The van der Waals surface area contributed by atoms with E-state index in [-0.39, 0.29) is 0 Å². The molecule has 3 heterocycles. The lowest BCUT2D eigenvalue weighted by molar-refractivity contribution is 0.881. The Balaban J connectivity index is 1.98. The predicted octanol–water partition coefficient (Wildman–Crippen LogP) is 3.51. The second kappa shape index (κ2) is 5.16. The molecule has 0 radical (unpaired) electrons. The average molecular weight is 331 g/mol. The second-order valence-corrected chi connectivity index (χ2v) is 6.96. The van der Waals surface area contributed by atoms with Gasteiger partial charge in [0, 0.05) is 9.75 Å². The van der Waals surface area contributed by atoms with Crippen LogP contribution in [0.15, 0.2) is 59.2 Å². The van der Waals surface area contributed by atoms with E-state index in [9.17, 15) is 10.5 Å². The molecule has 0 saturated heterocycles. The van der Waals surface area contributed by atoms with Crippen LogP contribution in [0.1, 0.15) is 15.7 Å². The summed E-state index contributed by atoms with van der Waals surface area (Å²) in [6.45, 7) is 2.01. The molecule has 1 unspecified atom stereocenters. The van der Waals surface area contributed by atoms with Crippen LogP contribution in [0, 0.1) is 29.6 Å². The predicted molar refractivity (Wildman–Crippen MR) is 93.8 cm³/mol. The second-order valence-electron chi connectivity index (χ2n) is 5.64. The number of aryl methyl sites for hydroxylation is 1. The number of nitriles is 2. The number of nitrogens with one attached hydrogen (secondary N) is 1. The van der Waals surface area contributed by atoms with E-state index < -0.39 is 5.92 Å². The van der Waals surface area contributed by atoms with Crippen molar-refractivity contribution in [2.45, 2.75) is 12.8 Å². The topological polar surface area (TPSA) is 88.9 Å². The number of thiophene rings is 1. The molecule has 0 spiro atoms. The average Bonchev–Trinajstić information content (AvgIpc) is 3.18. The Morgan fingerprint density at radius 1 is 1.12 bits per heavy atom. The smallest absolute Gasteiger partial charge is 0.131 e. The van der Waals surface area contributed by atoms with E-state index in [0.29, 0.717) is 22.8 Å². The van der Waals surface area contributed by atoms with Gasteiger partial charge in [-0.15, -0.1) is 11.3 Å². The molecule has 0 saturated carbocycles. The fourth-order valence-electron chi connectivity index (χ4n) is 3.20. The molecule has 24 heavy (non-hydrogen) atoms. The summed E-state index contributed by atoms with van der Waals surface area (Å²) in [6, 6.07) is 16.2. The van der Waals surface area contributed by atoms with E-state index in [1.165, 1.54) is 0 Å². The van der Waals surface area contributed by atoms with Gasteiger partial charge in [0.2, 0.25) is 0 Å². The van der Waals surface area contributed by atoms with Gasteiger partial charge in [0.05, 0.1) is 40.6 Å². The van der Waals surface area contributed by atoms with Gasteiger partial charge in [0.25, 0.3) is 0 Å². The summed E-state index contributed by atoms with van der Waals surface area (Å²) >= 11 is 1.58. The van der Waals surface area contributed by atoms with Crippen molar-refractivity contribution < 1.29 is 0 Å². The van der Waals surface area contributed by atoms with Crippen LogP contribution in [0.2, 0.25) is 0 Å². The SMILES string of the molecule is Cc1ccc(C2C(C#N)=C(N)N3C(=C2C#N)Nc2ccccc23)s1. The number of hydrogen-bond acceptors (Lipinski definition) is 6. The van der Waals surface area contributed by atoms with Crippen LogP contribution >= 0.6 is 11.3 Å². The van der Waals surface area contributed by atoms with Crippen molar-refractivity contribution in [1.29, 1.82) is 10.5 Å². The summed E-state index contributed by atoms with van der Waals surface area (Å²) in [5.41, 5.74) is 9.00. The van der Waals surface area contributed by atoms with E-state index in [1.807, 2.05) is 43.3 Å². The van der Waals surface area contributed by atoms with E-state index in [1.54, 1.807) is 16.2 Å². The number of rotatable bonds is 1. The van der Waals surface area contributed by atoms with Crippen molar-refractivity contribution in [3.63, 3.8) is 0 Å². The van der Waals surface area contributed by atoms with Crippen LogP contribution in [0.5, 0.6) is 0 Å². The Kier molecular flexibility index (Phi) is 3.09. The summed E-state index contributed by atoms with van der Waals surface area (Å²) < 4.78 is 0. The number of hydrogen-bond donors (Lipinski definition) is 2. The summed E-state index contributed by atoms with van der Waals surface area (Å²) in [7, 11) is 0. The molecule has 2 aromatic rings. The van der Waals surface area contributed by atoms with Crippen LogP contribution in [0.3, 0.4) is 0 Å². The van der Waals surface area contributed by atoms with Gasteiger partial charge in [-0.05, 0) is 31.2 Å². The van der Waals surface area contributed by atoms with Gasteiger partial charge in [0.15, 0.2) is 0 Å². The molecule has 1 aromatic carbocycles. The molecule has 0 aliphatic carbocycles. The third kappa shape index (κ3) is 1.84. The highest BCUT2D eigenvalue weighted by atomic mass is 32.1. The van der Waals surface area contributed by atoms with Crippen LogP contribution in [-0.2, 0) is 0 Å². The monoisotopic (exact) mass is 331 g/mol. The first-order chi connectivity index (χ1) is 11.7. The Labute approximate surface area is 143 Å². The maximum atomic E-state index is 9.81. The van der Waals surface area contributed by atoms with Crippen LogP contribution < -0.4 is 16.0 Å². The van der Waals surface area contributed by atoms with Gasteiger partial charge in [-0.25, -0.2) is 0 Å². The molecule has 0 bridgehead atoms. The number of anilines is 2.